The second kappa shape index (κ2) is 7.09. The van der Waals surface area contributed by atoms with Crippen molar-refractivity contribution >= 4 is 17.6 Å². The third-order valence-corrected chi connectivity index (χ3v) is 3.15. The van der Waals surface area contributed by atoms with Crippen LogP contribution in [0, 0.1) is 11.3 Å². The first-order valence-electron chi connectivity index (χ1n) is 6.67. The van der Waals surface area contributed by atoms with E-state index in [1.54, 1.807) is 42.5 Å². The Bertz CT molecular complexity index is 776. The standard InChI is InChI=1S/C17H14N2O4/c1-22-15-13(17(21)23-2)4-3-5-14(15)19-16(20)12-8-6-11(10-18)7-9-12/h3-9H,1-2H3,(H,19,20). The molecule has 116 valence electrons. The normalized spacial score (nSPS) is 9.61. The summed E-state index contributed by atoms with van der Waals surface area (Å²) in [6.45, 7) is 0. The van der Waals surface area contributed by atoms with Crippen molar-refractivity contribution in [3.8, 4) is 11.8 Å². The molecule has 2 aromatic carbocycles. The Labute approximate surface area is 133 Å². The maximum atomic E-state index is 12.3. The summed E-state index contributed by atoms with van der Waals surface area (Å²) in [5.74, 6) is -0.715. The topological polar surface area (TPSA) is 88.4 Å². The Kier molecular flexibility index (Phi) is 4.95. The van der Waals surface area contributed by atoms with Crippen molar-refractivity contribution in [1.29, 1.82) is 5.26 Å². The number of esters is 1. The summed E-state index contributed by atoms with van der Waals surface area (Å²) < 4.78 is 9.90. The number of hydrogen-bond acceptors (Lipinski definition) is 5. The van der Waals surface area contributed by atoms with Crippen LogP contribution in [0.2, 0.25) is 0 Å². The molecule has 2 rings (SSSR count). The smallest absolute Gasteiger partial charge is 0.341 e. The molecule has 0 aromatic heterocycles. The van der Waals surface area contributed by atoms with Crippen LogP contribution in [0.1, 0.15) is 26.3 Å². The van der Waals surface area contributed by atoms with E-state index in [-0.39, 0.29) is 17.2 Å². The van der Waals surface area contributed by atoms with Crippen LogP contribution < -0.4 is 10.1 Å². The quantitative estimate of drug-likeness (QED) is 0.877. The highest BCUT2D eigenvalue weighted by atomic mass is 16.5. The van der Waals surface area contributed by atoms with Gasteiger partial charge in [-0.15, -0.1) is 0 Å². The molecule has 1 N–H and O–H groups in total. The first kappa shape index (κ1) is 16.0. The van der Waals surface area contributed by atoms with Gasteiger partial charge in [-0.25, -0.2) is 4.79 Å². The van der Waals surface area contributed by atoms with E-state index in [0.717, 1.165) is 0 Å². The van der Waals surface area contributed by atoms with Crippen LogP contribution in [-0.4, -0.2) is 26.1 Å². The van der Waals surface area contributed by atoms with Gasteiger partial charge in [-0.1, -0.05) is 6.07 Å². The fourth-order valence-corrected chi connectivity index (χ4v) is 2.02. The second-order valence-electron chi connectivity index (χ2n) is 4.52. The molecule has 1 amide bonds. The van der Waals surface area contributed by atoms with Gasteiger partial charge in [0, 0.05) is 5.56 Å². The zero-order valence-electron chi connectivity index (χ0n) is 12.6. The largest absolute Gasteiger partial charge is 0.494 e. The van der Waals surface area contributed by atoms with Gasteiger partial charge < -0.3 is 14.8 Å². The molecule has 0 heterocycles. The molecule has 23 heavy (non-hydrogen) atoms. The number of nitrogens with zero attached hydrogens (tertiary/aromatic N) is 1. The molecule has 6 heteroatoms. The van der Waals surface area contributed by atoms with E-state index in [0.29, 0.717) is 16.8 Å². The van der Waals surface area contributed by atoms with Crippen molar-refractivity contribution in [1.82, 2.24) is 0 Å². The van der Waals surface area contributed by atoms with Gasteiger partial charge >= 0.3 is 5.97 Å². The fraction of sp³-hybridized carbons (Fsp3) is 0.118. The van der Waals surface area contributed by atoms with Crippen LogP contribution in [-0.2, 0) is 4.74 Å². The summed E-state index contributed by atoms with van der Waals surface area (Å²) in [6.07, 6.45) is 0. The minimum Gasteiger partial charge on any atom is -0.494 e. The third-order valence-electron chi connectivity index (χ3n) is 3.15. The summed E-state index contributed by atoms with van der Waals surface area (Å²) in [5, 5.41) is 11.4. The van der Waals surface area contributed by atoms with Gasteiger partial charge in [0.25, 0.3) is 5.91 Å². The number of anilines is 1. The molecule has 0 saturated carbocycles. The molecule has 0 unspecified atom stereocenters. The molecular weight excluding hydrogens is 296 g/mol. The number of para-hydroxylation sites is 1. The Morgan fingerprint density at radius 3 is 2.35 bits per heavy atom. The predicted octanol–water partition coefficient (Wildman–Crippen LogP) is 2.61. The number of carbonyl (C=O) groups is 2. The van der Waals surface area contributed by atoms with Crippen molar-refractivity contribution in [2.75, 3.05) is 19.5 Å². The number of benzene rings is 2. The van der Waals surface area contributed by atoms with Crippen molar-refractivity contribution in [2.45, 2.75) is 0 Å². The highest BCUT2D eigenvalue weighted by Gasteiger charge is 2.18. The molecule has 0 spiro atoms. The van der Waals surface area contributed by atoms with Gasteiger partial charge in [-0.05, 0) is 36.4 Å². The number of hydrogen-bond donors (Lipinski definition) is 1. The van der Waals surface area contributed by atoms with E-state index in [1.807, 2.05) is 6.07 Å². The first-order valence-corrected chi connectivity index (χ1v) is 6.67. The van der Waals surface area contributed by atoms with E-state index < -0.39 is 5.97 Å². The molecule has 6 nitrogen and oxygen atoms in total. The minimum absolute atomic E-state index is 0.215. The zero-order valence-corrected chi connectivity index (χ0v) is 12.6. The third kappa shape index (κ3) is 3.47. The van der Waals surface area contributed by atoms with Crippen LogP contribution in [0.3, 0.4) is 0 Å². The molecular formula is C17H14N2O4. The number of amides is 1. The molecule has 2 aromatic rings. The predicted molar refractivity (Wildman–Crippen MR) is 83.4 cm³/mol. The highest BCUT2D eigenvalue weighted by Crippen LogP contribution is 2.29. The molecule has 0 saturated heterocycles. The summed E-state index contributed by atoms with van der Waals surface area (Å²) in [6, 6.07) is 13.0. The van der Waals surface area contributed by atoms with E-state index >= 15 is 0 Å². The maximum absolute atomic E-state index is 12.3. The average Bonchev–Trinajstić information content (AvgIpc) is 2.60. The van der Waals surface area contributed by atoms with Gasteiger partial charge in [0.2, 0.25) is 0 Å². The maximum Gasteiger partial charge on any atom is 0.341 e. The fourth-order valence-electron chi connectivity index (χ4n) is 2.02. The lowest BCUT2D eigenvalue weighted by atomic mass is 10.1. The number of nitriles is 1. The summed E-state index contributed by atoms with van der Waals surface area (Å²) in [5.41, 5.74) is 1.42. The lowest BCUT2D eigenvalue weighted by Crippen LogP contribution is -2.14. The van der Waals surface area contributed by atoms with Crippen molar-refractivity contribution < 1.29 is 19.1 Å². The summed E-state index contributed by atoms with van der Waals surface area (Å²) in [7, 11) is 2.67. The molecule has 0 aliphatic carbocycles. The molecule has 0 aliphatic rings. The Morgan fingerprint density at radius 2 is 1.78 bits per heavy atom. The van der Waals surface area contributed by atoms with Crippen LogP contribution >= 0.6 is 0 Å². The highest BCUT2D eigenvalue weighted by molar-refractivity contribution is 6.06. The van der Waals surface area contributed by atoms with E-state index in [9.17, 15) is 9.59 Å². The lowest BCUT2D eigenvalue weighted by molar-refractivity contribution is 0.0597. The van der Waals surface area contributed by atoms with Crippen molar-refractivity contribution in [3.05, 3.63) is 59.2 Å². The average molecular weight is 310 g/mol. The molecule has 0 fully saturated rings. The Balaban J connectivity index is 2.30. The zero-order chi connectivity index (χ0) is 16.8. The Hall–Kier alpha value is -3.33. The Morgan fingerprint density at radius 1 is 1.09 bits per heavy atom. The van der Waals surface area contributed by atoms with Crippen LogP contribution in [0.15, 0.2) is 42.5 Å². The number of ether oxygens (including phenoxy) is 2. The van der Waals surface area contributed by atoms with Crippen LogP contribution in [0.25, 0.3) is 0 Å². The number of rotatable bonds is 4. The number of carbonyl (C=O) groups excluding carboxylic acids is 2. The summed E-state index contributed by atoms with van der Waals surface area (Å²) >= 11 is 0. The van der Waals surface area contributed by atoms with Crippen LogP contribution in [0.5, 0.6) is 5.75 Å². The lowest BCUT2D eigenvalue weighted by Gasteiger charge is -2.13. The molecule has 0 radical (unpaired) electrons. The van der Waals surface area contributed by atoms with Gasteiger partial charge in [-0.2, -0.15) is 5.26 Å². The van der Waals surface area contributed by atoms with Gasteiger partial charge in [0.05, 0.1) is 31.5 Å². The molecule has 0 aliphatic heterocycles. The van der Waals surface area contributed by atoms with E-state index in [2.05, 4.69) is 10.1 Å². The number of nitrogens with one attached hydrogen (secondary N) is 1. The first-order chi connectivity index (χ1) is 11.1. The monoisotopic (exact) mass is 310 g/mol. The molecule has 0 atom stereocenters. The van der Waals surface area contributed by atoms with Crippen molar-refractivity contribution in [2.24, 2.45) is 0 Å². The van der Waals surface area contributed by atoms with E-state index in [4.69, 9.17) is 10.00 Å². The van der Waals surface area contributed by atoms with Gasteiger partial charge in [0.15, 0.2) is 5.75 Å². The minimum atomic E-state index is -0.559. The van der Waals surface area contributed by atoms with Gasteiger partial charge in [0.1, 0.15) is 5.56 Å². The SMILES string of the molecule is COC(=O)c1cccc(NC(=O)c2ccc(C#N)cc2)c1OC. The van der Waals surface area contributed by atoms with Crippen LogP contribution in [0.4, 0.5) is 5.69 Å². The van der Waals surface area contributed by atoms with Crippen molar-refractivity contribution in [3.63, 3.8) is 0 Å². The van der Waals surface area contributed by atoms with Gasteiger partial charge in [-0.3, -0.25) is 4.79 Å². The second-order valence-corrected chi connectivity index (χ2v) is 4.52. The van der Waals surface area contributed by atoms with E-state index in [1.165, 1.54) is 14.2 Å². The molecule has 0 bridgehead atoms. The summed E-state index contributed by atoms with van der Waals surface area (Å²) in [4.78, 5) is 24.0. The number of methoxy groups -OCH3 is 2.